The minimum absolute atomic E-state index is 0. The first-order chi connectivity index (χ1) is 11.4. The van der Waals surface area contributed by atoms with Crippen molar-refractivity contribution >= 4 is 10.1 Å². The summed E-state index contributed by atoms with van der Waals surface area (Å²) < 4.78 is 33.7. The van der Waals surface area contributed by atoms with Gasteiger partial charge in [0.25, 0.3) is 0 Å². The van der Waals surface area contributed by atoms with E-state index in [4.69, 9.17) is 0 Å². The first-order valence-corrected chi connectivity index (χ1v) is 11.5. The summed E-state index contributed by atoms with van der Waals surface area (Å²) in [5, 5.41) is 9.20. The number of hydrogen-bond donors (Lipinski definition) is 1. The summed E-state index contributed by atoms with van der Waals surface area (Å²) in [7, 11) is -4.14. The zero-order valence-corrected chi connectivity index (χ0v) is 19.7. The van der Waals surface area contributed by atoms with Gasteiger partial charge in [0.2, 0.25) is 0 Å². The van der Waals surface area contributed by atoms with Crippen molar-refractivity contribution in [3.63, 3.8) is 0 Å². The predicted octanol–water partition coefficient (Wildman–Crippen LogP) is 2.16. The molecule has 0 heterocycles. The van der Waals surface area contributed by atoms with E-state index in [2.05, 4.69) is 6.92 Å². The first kappa shape index (κ1) is 28.1. The summed E-state index contributed by atoms with van der Waals surface area (Å²) in [6, 6.07) is 0. The molecule has 0 saturated carbocycles. The second kappa shape index (κ2) is 18.2. The maximum Gasteiger partial charge on any atom is 1.00 e. The van der Waals surface area contributed by atoms with E-state index in [0.717, 1.165) is 64.2 Å². The Hall–Kier alpha value is 0.870. The predicted molar refractivity (Wildman–Crippen MR) is 100 cm³/mol. The van der Waals surface area contributed by atoms with E-state index < -0.39 is 15.4 Å². The van der Waals surface area contributed by atoms with E-state index >= 15 is 0 Å². The Morgan fingerprint density at radius 3 is 1.60 bits per heavy atom. The third-order valence-corrected chi connectivity index (χ3v) is 6.03. The second-order valence-electron chi connectivity index (χ2n) is 7.11. The van der Waals surface area contributed by atoms with Gasteiger partial charge in [-0.2, -0.15) is 0 Å². The number of aliphatic hydroxyl groups is 1. The molecule has 146 valence electrons. The summed E-state index contributed by atoms with van der Waals surface area (Å²) in [6.45, 7) is 4.20. The van der Waals surface area contributed by atoms with Crippen LogP contribution in [0.5, 0.6) is 0 Å². The summed E-state index contributed by atoms with van der Waals surface area (Å²) in [5.74, 6) is 0. The molecule has 0 bridgehead atoms. The van der Waals surface area contributed by atoms with Crippen LogP contribution < -0.4 is 29.6 Å². The first-order valence-electron chi connectivity index (χ1n) is 10.0. The molecule has 0 saturated heterocycles. The van der Waals surface area contributed by atoms with Gasteiger partial charge in [0.1, 0.15) is 0 Å². The molecule has 0 aromatic heterocycles. The number of hydrogen-bond acceptors (Lipinski definition) is 4. The minimum atomic E-state index is -4.14. The van der Waals surface area contributed by atoms with E-state index in [1.807, 2.05) is 6.92 Å². The summed E-state index contributed by atoms with van der Waals surface area (Å²) in [5.41, 5.74) is 0. The maximum atomic E-state index is 11.2. The van der Waals surface area contributed by atoms with Gasteiger partial charge in [-0.05, 0) is 25.7 Å². The van der Waals surface area contributed by atoms with Crippen LogP contribution in [0.25, 0.3) is 0 Å². The molecule has 0 aromatic rings. The minimum Gasteiger partial charge on any atom is -0.748 e. The molecule has 0 rings (SSSR count). The van der Waals surface area contributed by atoms with Crippen molar-refractivity contribution in [3.05, 3.63) is 0 Å². The van der Waals surface area contributed by atoms with Crippen molar-refractivity contribution in [2.45, 2.75) is 122 Å². The fourth-order valence-electron chi connectivity index (χ4n) is 3.10. The zero-order valence-electron chi connectivity index (χ0n) is 16.8. The molecule has 0 aliphatic heterocycles. The van der Waals surface area contributed by atoms with Crippen LogP contribution in [0.15, 0.2) is 0 Å². The Kier molecular flexibility index (Phi) is 20.5. The van der Waals surface area contributed by atoms with Crippen LogP contribution in [0.2, 0.25) is 0 Å². The maximum absolute atomic E-state index is 11.2. The number of rotatable bonds is 17. The van der Waals surface area contributed by atoms with Crippen LogP contribution in [-0.2, 0) is 10.1 Å². The molecule has 2 unspecified atom stereocenters. The van der Waals surface area contributed by atoms with E-state index in [1.54, 1.807) is 0 Å². The normalized spacial score (nSPS) is 14.1. The molecular weight excluding hydrogens is 347 g/mol. The van der Waals surface area contributed by atoms with Crippen molar-refractivity contribution < 1.29 is 47.6 Å². The van der Waals surface area contributed by atoms with Gasteiger partial charge >= 0.3 is 29.6 Å². The molecule has 2 atom stereocenters. The Bertz CT molecular complexity index is 374. The number of aliphatic hydroxyl groups excluding tert-OH is 1. The molecule has 0 amide bonds. The van der Waals surface area contributed by atoms with Gasteiger partial charge in [0.05, 0.1) is 16.2 Å². The fraction of sp³-hybridized carbons (Fsp3) is 1.00. The SMILES string of the molecule is CCCCCCC(O)CCCCCCCC(CCCC)S(=O)(=O)[O-].[Na+]. The Balaban J connectivity index is 0. The molecule has 0 spiro atoms. The molecule has 1 N–H and O–H groups in total. The Morgan fingerprint density at radius 1 is 0.720 bits per heavy atom. The molecule has 0 aliphatic carbocycles. The van der Waals surface area contributed by atoms with Gasteiger partial charge < -0.3 is 9.66 Å². The summed E-state index contributed by atoms with van der Waals surface area (Å²) in [4.78, 5) is 0. The van der Waals surface area contributed by atoms with E-state index in [0.29, 0.717) is 12.8 Å². The van der Waals surface area contributed by atoms with Crippen LogP contribution in [0.1, 0.15) is 110 Å². The third-order valence-electron chi connectivity index (χ3n) is 4.74. The van der Waals surface area contributed by atoms with Crippen molar-refractivity contribution in [1.29, 1.82) is 0 Å². The van der Waals surface area contributed by atoms with Gasteiger partial charge in [-0.1, -0.05) is 84.5 Å². The Labute approximate surface area is 178 Å². The molecular formula is C19H39NaO4S. The van der Waals surface area contributed by atoms with Gasteiger partial charge in [-0.15, -0.1) is 0 Å². The van der Waals surface area contributed by atoms with Gasteiger partial charge in [0, 0.05) is 5.25 Å². The van der Waals surface area contributed by atoms with Crippen molar-refractivity contribution in [2.75, 3.05) is 0 Å². The van der Waals surface area contributed by atoms with Gasteiger partial charge in [-0.3, -0.25) is 0 Å². The molecule has 6 heteroatoms. The van der Waals surface area contributed by atoms with Crippen molar-refractivity contribution in [1.82, 2.24) is 0 Å². The molecule has 0 aromatic carbocycles. The van der Waals surface area contributed by atoms with Gasteiger partial charge in [0.15, 0.2) is 0 Å². The Morgan fingerprint density at radius 2 is 1.12 bits per heavy atom. The summed E-state index contributed by atoms with van der Waals surface area (Å²) >= 11 is 0. The molecule has 0 fully saturated rings. The average molecular weight is 387 g/mol. The summed E-state index contributed by atoms with van der Waals surface area (Å²) in [6.07, 6.45) is 14.2. The average Bonchev–Trinajstić information content (AvgIpc) is 2.52. The second-order valence-corrected chi connectivity index (χ2v) is 8.76. The molecule has 4 nitrogen and oxygen atoms in total. The van der Waals surface area contributed by atoms with Gasteiger partial charge in [-0.25, -0.2) is 8.42 Å². The smallest absolute Gasteiger partial charge is 0.748 e. The zero-order chi connectivity index (χ0) is 18.3. The van der Waals surface area contributed by atoms with Crippen LogP contribution in [0.4, 0.5) is 0 Å². The quantitative estimate of drug-likeness (QED) is 0.236. The number of unbranched alkanes of at least 4 members (excludes halogenated alkanes) is 8. The van der Waals surface area contributed by atoms with Crippen LogP contribution in [0, 0.1) is 0 Å². The van der Waals surface area contributed by atoms with Crippen molar-refractivity contribution in [2.24, 2.45) is 0 Å². The van der Waals surface area contributed by atoms with E-state index in [-0.39, 0.29) is 35.7 Å². The largest absolute Gasteiger partial charge is 1.00 e. The molecule has 0 radical (unpaired) electrons. The topological polar surface area (TPSA) is 77.4 Å². The monoisotopic (exact) mass is 386 g/mol. The van der Waals surface area contributed by atoms with Crippen LogP contribution in [-0.4, -0.2) is 29.4 Å². The van der Waals surface area contributed by atoms with E-state index in [1.165, 1.54) is 19.3 Å². The molecule has 25 heavy (non-hydrogen) atoms. The standard InChI is InChI=1S/C19H40O4S.Na/c1-3-5-7-11-14-18(20)15-12-9-8-10-13-17-19(16-6-4-2)24(21,22)23;/h18-20H,3-17H2,1-2H3,(H,21,22,23);/q;+1/p-1. The van der Waals surface area contributed by atoms with E-state index in [9.17, 15) is 18.1 Å². The van der Waals surface area contributed by atoms with Crippen LogP contribution in [0.3, 0.4) is 0 Å². The van der Waals surface area contributed by atoms with Crippen molar-refractivity contribution in [3.8, 4) is 0 Å². The fourth-order valence-corrected chi connectivity index (χ4v) is 4.01. The van der Waals surface area contributed by atoms with Crippen LogP contribution >= 0.6 is 0 Å². The molecule has 0 aliphatic rings. The third kappa shape index (κ3) is 18.0.